The first-order chi connectivity index (χ1) is 9.69. The largest absolute Gasteiger partial charge is 0.465 e. The molecule has 0 saturated heterocycles. The van der Waals surface area contributed by atoms with E-state index in [0.717, 1.165) is 23.6 Å². The zero-order chi connectivity index (χ0) is 14.4. The fourth-order valence-corrected chi connectivity index (χ4v) is 1.77. The third-order valence-electron chi connectivity index (χ3n) is 2.82. The van der Waals surface area contributed by atoms with E-state index in [0.29, 0.717) is 18.7 Å². The standard InChI is InChI=1S/C16H19NO3/c1-3-10-19-16(18)13-5-7-14(8-6-13)17-11-15-9-4-12(2)20-15/h4-9,17H,3,10-11H2,1-2H3. The van der Waals surface area contributed by atoms with Crippen molar-refractivity contribution in [2.75, 3.05) is 11.9 Å². The van der Waals surface area contributed by atoms with Gasteiger partial charge in [-0.2, -0.15) is 0 Å². The van der Waals surface area contributed by atoms with Gasteiger partial charge in [0.1, 0.15) is 11.5 Å². The lowest BCUT2D eigenvalue weighted by atomic mass is 10.2. The second-order valence-corrected chi connectivity index (χ2v) is 4.58. The number of anilines is 1. The number of ether oxygens (including phenoxy) is 1. The van der Waals surface area contributed by atoms with Gasteiger partial charge in [-0.05, 0) is 49.7 Å². The quantitative estimate of drug-likeness (QED) is 0.814. The van der Waals surface area contributed by atoms with Gasteiger partial charge < -0.3 is 14.5 Å². The van der Waals surface area contributed by atoms with E-state index in [1.807, 2.05) is 38.1 Å². The van der Waals surface area contributed by atoms with Crippen LogP contribution in [-0.2, 0) is 11.3 Å². The number of rotatable bonds is 6. The number of benzene rings is 1. The smallest absolute Gasteiger partial charge is 0.338 e. The van der Waals surface area contributed by atoms with Crippen LogP contribution in [0.2, 0.25) is 0 Å². The molecule has 4 heteroatoms. The van der Waals surface area contributed by atoms with Crippen molar-refractivity contribution in [3.8, 4) is 0 Å². The van der Waals surface area contributed by atoms with Crippen LogP contribution in [0.3, 0.4) is 0 Å². The Kier molecular flexibility index (Phi) is 4.82. The molecule has 0 unspecified atom stereocenters. The summed E-state index contributed by atoms with van der Waals surface area (Å²) < 4.78 is 10.5. The van der Waals surface area contributed by atoms with E-state index in [2.05, 4.69) is 5.32 Å². The van der Waals surface area contributed by atoms with Crippen molar-refractivity contribution in [3.05, 3.63) is 53.5 Å². The predicted octanol–water partition coefficient (Wildman–Crippen LogP) is 3.77. The van der Waals surface area contributed by atoms with Crippen LogP contribution in [0.15, 0.2) is 40.8 Å². The first kappa shape index (κ1) is 14.2. The highest BCUT2D eigenvalue weighted by Gasteiger charge is 2.06. The fourth-order valence-electron chi connectivity index (χ4n) is 1.77. The number of aryl methyl sites for hydroxylation is 1. The van der Waals surface area contributed by atoms with Crippen molar-refractivity contribution in [2.45, 2.75) is 26.8 Å². The van der Waals surface area contributed by atoms with Gasteiger partial charge >= 0.3 is 5.97 Å². The summed E-state index contributed by atoms with van der Waals surface area (Å²) in [4.78, 5) is 11.6. The van der Waals surface area contributed by atoms with Gasteiger partial charge in [0.05, 0.1) is 18.7 Å². The molecular weight excluding hydrogens is 254 g/mol. The van der Waals surface area contributed by atoms with E-state index in [9.17, 15) is 4.79 Å². The molecule has 0 aliphatic carbocycles. The molecule has 2 rings (SSSR count). The number of carbonyl (C=O) groups is 1. The fraction of sp³-hybridized carbons (Fsp3) is 0.312. The lowest BCUT2D eigenvalue weighted by Gasteiger charge is -2.06. The molecule has 0 amide bonds. The van der Waals surface area contributed by atoms with Crippen LogP contribution in [0.5, 0.6) is 0 Å². The van der Waals surface area contributed by atoms with Crippen molar-refractivity contribution in [3.63, 3.8) is 0 Å². The normalized spacial score (nSPS) is 10.3. The van der Waals surface area contributed by atoms with Crippen molar-refractivity contribution < 1.29 is 13.9 Å². The Labute approximate surface area is 118 Å². The monoisotopic (exact) mass is 273 g/mol. The van der Waals surface area contributed by atoms with Crippen LogP contribution in [0.1, 0.15) is 35.2 Å². The van der Waals surface area contributed by atoms with Gasteiger partial charge in [0.2, 0.25) is 0 Å². The average molecular weight is 273 g/mol. The van der Waals surface area contributed by atoms with Crippen LogP contribution in [0, 0.1) is 6.92 Å². The highest BCUT2D eigenvalue weighted by Crippen LogP contribution is 2.13. The Morgan fingerprint density at radius 1 is 1.20 bits per heavy atom. The molecule has 0 bridgehead atoms. The molecule has 2 aromatic rings. The van der Waals surface area contributed by atoms with E-state index in [-0.39, 0.29) is 5.97 Å². The van der Waals surface area contributed by atoms with Crippen LogP contribution in [0.4, 0.5) is 5.69 Å². The summed E-state index contributed by atoms with van der Waals surface area (Å²) >= 11 is 0. The molecule has 1 N–H and O–H groups in total. The number of hydrogen-bond donors (Lipinski definition) is 1. The van der Waals surface area contributed by atoms with E-state index in [4.69, 9.17) is 9.15 Å². The molecule has 1 heterocycles. The lowest BCUT2D eigenvalue weighted by molar-refractivity contribution is 0.0505. The molecule has 106 valence electrons. The van der Waals surface area contributed by atoms with Crippen LogP contribution < -0.4 is 5.32 Å². The van der Waals surface area contributed by atoms with Gasteiger partial charge in [-0.25, -0.2) is 4.79 Å². The Bertz CT molecular complexity index is 557. The molecule has 0 fully saturated rings. The van der Waals surface area contributed by atoms with Crippen LogP contribution in [0.25, 0.3) is 0 Å². The number of carbonyl (C=O) groups excluding carboxylic acids is 1. The molecule has 0 saturated carbocycles. The van der Waals surface area contributed by atoms with Crippen molar-refractivity contribution in [1.82, 2.24) is 0 Å². The molecule has 0 aliphatic rings. The summed E-state index contributed by atoms with van der Waals surface area (Å²) in [5.74, 6) is 1.50. The van der Waals surface area contributed by atoms with Gasteiger partial charge in [-0.1, -0.05) is 6.92 Å². The highest BCUT2D eigenvalue weighted by molar-refractivity contribution is 5.89. The van der Waals surface area contributed by atoms with Crippen molar-refractivity contribution in [1.29, 1.82) is 0 Å². The maximum atomic E-state index is 11.6. The molecule has 0 radical (unpaired) electrons. The second-order valence-electron chi connectivity index (χ2n) is 4.58. The maximum Gasteiger partial charge on any atom is 0.338 e. The molecule has 0 atom stereocenters. The third-order valence-corrected chi connectivity index (χ3v) is 2.82. The topological polar surface area (TPSA) is 51.5 Å². The molecule has 4 nitrogen and oxygen atoms in total. The zero-order valence-electron chi connectivity index (χ0n) is 11.8. The van der Waals surface area contributed by atoms with Gasteiger partial charge in [-0.15, -0.1) is 0 Å². The van der Waals surface area contributed by atoms with E-state index < -0.39 is 0 Å². The van der Waals surface area contributed by atoms with Gasteiger partial charge in [0.25, 0.3) is 0 Å². The zero-order valence-corrected chi connectivity index (χ0v) is 11.8. The van der Waals surface area contributed by atoms with Crippen molar-refractivity contribution >= 4 is 11.7 Å². The first-order valence-electron chi connectivity index (χ1n) is 6.75. The lowest BCUT2D eigenvalue weighted by Crippen LogP contribution is -2.06. The summed E-state index contributed by atoms with van der Waals surface area (Å²) in [7, 11) is 0. The van der Waals surface area contributed by atoms with E-state index >= 15 is 0 Å². The summed E-state index contributed by atoms with van der Waals surface area (Å²) in [5, 5.41) is 3.24. The Morgan fingerprint density at radius 3 is 2.55 bits per heavy atom. The first-order valence-corrected chi connectivity index (χ1v) is 6.75. The molecule has 0 spiro atoms. The number of furan rings is 1. The molecule has 1 aromatic heterocycles. The molecule has 1 aromatic carbocycles. The predicted molar refractivity (Wildman–Crippen MR) is 77.8 cm³/mol. The van der Waals surface area contributed by atoms with E-state index in [1.165, 1.54) is 0 Å². The van der Waals surface area contributed by atoms with Gasteiger partial charge in [-0.3, -0.25) is 0 Å². The second kappa shape index (κ2) is 6.80. The van der Waals surface area contributed by atoms with E-state index in [1.54, 1.807) is 12.1 Å². The number of hydrogen-bond acceptors (Lipinski definition) is 4. The van der Waals surface area contributed by atoms with Crippen LogP contribution in [-0.4, -0.2) is 12.6 Å². The minimum atomic E-state index is -0.278. The number of nitrogens with one attached hydrogen (secondary N) is 1. The Morgan fingerprint density at radius 2 is 1.95 bits per heavy atom. The van der Waals surface area contributed by atoms with Crippen LogP contribution >= 0.6 is 0 Å². The minimum absolute atomic E-state index is 0.278. The SMILES string of the molecule is CCCOC(=O)c1ccc(NCc2ccc(C)o2)cc1. The average Bonchev–Trinajstić information content (AvgIpc) is 2.89. The molecular formula is C16H19NO3. The Balaban J connectivity index is 1.89. The summed E-state index contributed by atoms with van der Waals surface area (Å²) in [6.45, 7) is 4.96. The third kappa shape index (κ3) is 3.88. The molecule has 20 heavy (non-hydrogen) atoms. The summed E-state index contributed by atoms with van der Waals surface area (Å²) in [5.41, 5.74) is 1.50. The van der Waals surface area contributed by atoms with Gasteiger partial charge in [0.15, 0.2) is 0 Å². The highest BCUT2D eigenvalue weighted by atomic mass is 16.5. The Hall–Kier alpha value is -2.23. The minimum Gasteiger partial charge on any atom is -0.465 e. The number of esters is 1. The summed E-state index contributed by atoms with van der Waals surface area (Å²) in [6, 6.07) is 11.1. The summed E-state index contributed by atoms with van der Waals surface area (Å²) in [6.07, 6.45) is 0.827. The van der Waals surface area contributed by atoms with Crippen molar-refractivity contribution in [2.24, 2.45) is 0 Å². The van der Waals surface area contributed by atoms with Gasteiger partial charge in [0, 0.05) is 5.69 Å². The maximum absolute atomic E-state index is 11.6. The molecule has 0 aliphatic heterocycles.